The molecule has 1 saturated heterocycles. The van der Waals surface area contributed by atoms with Crippen LogP contribution in [0.2, 0.25) is 0 Å². The Balaban J connectivity index is 2.19. The Morgan fingerprint density at radius 1 is 1.48 bits per heavy atom. The minimum atomic E-state index is -0.951. The van der Waals surface area contributed by atoms with Gasteiger partial charge in [-0.2, -0.15) is 0 Å². The Labute approximate surface area is 140 Å². The molecule has 1 aliphatic rings. The van der Waals surface area contributed by atoms with Gasteiger partial charge in [0.05, 0.1) is 12.1 Å². The third-order valence-corrected chi connectivity index (χ3v) is 4.74. The molecule has 0 aromatic carbocycles. The number of carboxylic acids is 1. The smallest absolute Gasteiger partial charge is 0.326 e. The second-order valence-electron chi connectivity index (χ2n) is 6.77. The number of thiophene rings is 1. The van der Waals surface area contributed by atoms with E-state index in [2.05, 4.69) is 0 Å². The summed E-state index contributed by atoms with van der Waals surface area (Å²) in [6.45, 7) is 5.98. The molecule has 1 fully saturated rings. The number of nitrogens with zero attached hydrogens (tertiary/aromatic N) is 1. The zero-order valence-corrected chi connectivity index (χ0v) is 14.5. The third-order valence-electron chi connectivity index (χ3n) is 3.81. The van der Waals surface area contributed by atoms with Crippen molar-refractivity contribution in [3.63, 3.8) is 0 Å². The number of ether oxygens (including phenoxy) is 1. The van der Waals surface area contributed by atoms with Gasteiger partial charge in [-0.15, -0.1) is 11.3 Å². The average molecular weight is 340 g/mol. The molecule has 0 amide bonds. The number of hydrogen-bond acceptors (Lipinski definition) is 6. The van der Waals surface area contributed by atoms with E-state index in [9.17, 15) is 14.7 Å². The van der Waals surface area contributed by atoms with Crippen LogP contribution in [0.5, 0.6) is 0 Å². The minimum Gasteiger partial charge on any atom is -0.480 e. The standard InChI is InChI=1S/C16H24N2O4S/c1-16(2,3)22-15(21)10-6-4-8-18(13(10)17)12(14(19)20)11-7-5-9-23-11/h5,7,9-10,12-13H,4,6,8,17H2,1-3H3,(H,19,20)/t10-,12-,13+/m0/s1. The Bertz CT molecular complexity index is 553. The van der Waals surface area contributed by atoms with Gasteiger partial charge in [-0.05, 0) is 45.1 Å². The molecule has 0 bridgehead atoms. The number of hydrogen-bond donors (Lipinski definition) is 2. The molecule has 0 aliphatic carbocycles. The van der Waals surface area contributed by atoms with E-state index in [4.69, 9.17) is 10.5 Å². The van der Waals surface area contributed by atoms with Crippen LogP contribution in [0.15, 0.2) is 17.5 Å². The second kappa shape index (κ2) is 6.98. The molecule has 0 unspecified atom stereocenters. The van der Waals surface area contributed by atoms with Crippen LogP contribution in [0.3, 0.4) is 0 Å². The summed E-state index contributed by atoms with van der Waals surface area (Å²) >= 11 is 1.38. The lowest BCUT2D eigenvalue weighted by Crippen LogP contribution is -2.56. The highest BCUT2D eigenvalue weighted by Crippen LogP contribution is 2.33. The quantitative estimate of drug-likeness (QED) is 0.816. The van der Waals surface area contributed by atoms with Crippen LogP contribution < -0.4 is 5.73 Å². The van der Waals surface area contributed by atoms with Crippen molar-refractivity contribution in [3.05, 3.63) is 22.4 Å². The summed E-state index contributed by atoms with van der Waals surface area (Å²) < 4.78 is 5.44. The van der Waals surface area contributed by atoms with Gasteiger partial charge in [0.15, 0.2) is 0 Å². The van der Waals surface area contributed by atoms with Gasteiger partial charge in [-0.3, -0.25) is 14.5 Å². The first-order chi connectivity index (χ1) is 10.7. The zero-order valence-electron chi connectivity index (χ0n) is 13.7. The van der Waals surface area contributed by atoms with E-state index in [1.807, 2.05) is 32.2 Å². The van der Waals surface area contributed by atoms with Crippen LogP contribution in [0.25, 0.3) is 0 Å². The van der Waals surface area contributed by atoms with Crippen molar-refractivity contribution in [2.24, 2.45) is 11.7 Å². The van der Waals surface area contributed by atoms with Crippen molar-refractivity contribution in [2.75, 3.05) is 6.54 Å². The first-order valence-electron chi connectivity index (χ1n) is 7.71. The first-order valence-corrected chi connectivity index (χ1v) is 8.59. The lowest BCUT2D eigenvalue weighted by atomic mass is 9.92. The number of carboxylic acid groups (broad SMARTS) is 1. The van der Waals surface area contributed by atoms with E-state index >= 15 is 0 Å². The predicted molar refractivity (Wildman–Crippen MR) is 87.9 cm³/mol. The van der Waals surface area contributed by atoms with Crippen LogP contribution >= 0.6 is 11.3 Å². The molecule has 0 radical (unpaired) electrons. The SMILES string of the molecule is CC(C)(C)OC(=O)[C@H]1CCCN([C@H](C(=O)O)c2cccs2)[C@H]1N. The summed E-state index contributed by atoms with van der Waals surface area (Å²) in [6.07, 6.45) is 0.664. The van der Waals surface area contributed by atoms with Crippen molar-refractivity contribution in [1.82, 2.24) is 4.90 Å². The number of aliphatic carboxylic acids is 1. The van der Waals surface area contributed by atoms with Crippen molar-refractivity contribution >= 4 is 23.3 Å². The van der Waals surface area contributed by atoms with E-state index in [0.717, 1.165) is 4.88 Å². The van der Waals surface area contributed by atoms with Crippen LogP contribution in [0.4, 0.5) is 0 Å². The number of rotatable bonds is 4. The average Bonchev–Trinajstić information content (AvgIpc) is 2.92. The molecular weight excluding hydrogens is 316 g/mol. The monoisotopic (exact) mass is 340 g/mol. The highest BCUT2D eigenvalue weighted by molar-refractivity contribution is 7.10. The molecule has 3 N–H and O–H groups in total. The van der Waals surface area contributed by atoms with E-state index in [0.29, 0.717) is 19.4 Å². The molecule has 1 aliphatic heterocycles. The Hall–Kier alpha value is -1.44. The first kappa shape index (κ1) is 17.9. The summed E-state index contributed by atoms with van der Waals surface area (Å²) in [5.41, 5.74) is 5.67. The summed E-state index contributed by atoms with van der Waals surface area (Å²) in [4.78, 5) is 26.5. The second-order valence-corrected chi connectivity index (χ2v) is 7.75. The maximum Gasteiger partial charge on any atom is 0.326 e. The van der Waals surface area contributed by atoms with Crippen molar-refractivity contribution < 1.29 is 19.4 Å². The molecule has 23 heavy (non-hydrogen) atoms. The van der Waals surface area contributed by atoms with Crippen LogP contribution in [0, 0.1) is 5.92 Å². The molecule has 2 rings (SSSR count). The zero-order chi connectivity index (χ0) is 17.2. The number of piperidine rings is 1. The van der Waals surface area contributed by atoms with E-state index in [1.165, 1.54) is 11.3 Å². The molecule has 128 valence electrons. The largest absolute Gasteiger partial charge is 0.480 e. The fraction of sp³-hybridized carbons (Fsp3) is 0.625. The maximum absolute atomic E-state index is 12.4. The van der Waals surface area contributed by atoms with Gasteiger partial charge >= 0.3 is 11.9 Å². The van der Waals surface area contributed by atoms with E-state index in [1.54, 1.807) is 11.0 Å². The molecule has 7 heteroatoms. The molecule has 0 spiro atoms. The van der Waals surface area contributed by atoms with Gasteiger partial charge in [-0.25, -0.2) is 0 Å². The summed E-state index contributed by atoms with van der Waals surface area (Å²) in [6, 6.07) is 2.78. The predicted octanol–water partition coefficient (Wildman–Crippen LogP) is 2.21. The van der Waals surface area contributed by atoms with Crippen LogP contribution in [0.1, 0.15) is 44.5 Å². The van der Waals surface area contributed by atoms with Gasteiger partial charge in [-0.1, -0.05) is 6.07 Å². The van der Waals surface area contributed by atoms with Gasteiger partial charge in [0.1, 0.15) is 11.6 Å². The Morgan fingerprint density at radius 3 is 2.70 bits per heavy atom. The molecule has 0 saturated carbocycles. The molecule has 1 aromatic heterocycles. The van der Waals surface area contributed by atoms with Crippen LogP contribution in [-0.4, -0.2) is 40.3 Å². The minimum absolute atomic E-state index is 0.356. The van der Waals surface area contributed by atoms with Crippen LogP contribution in [-0.2, 0) is 14.3 Å². The van der Waals surface area contributed by atoms with Crippen molar-refractivity contribution in [3.8, 4) is 0 Å². The lowest BCUT2D eigenvalue weighted by molar-refractivity contribution is -0.167. The summed E-state index contributed by atoms with van der Waals surface area (Å²) in [5.74, 6) is -1.82. The molecule has 2 heterocycles. The number of carbonyl (C=O) groups is 2. The van der Waals surface area contributed by atoms with E-state index in [-0.39, 0.29) is 5.97 Å². The summed E-state index contributed by atoms with van der Waals surface area (Å²) in [5, 5.41) is 11.5. The number of nitrogens with two attached hydrogens (primary N) is 1. The number of esters is 1. The topological polar surface area (TPSA) is 92.9 Å². The Morgan fingerprint density at radius 2 is 2.17 bits per heavy atom. The number of likely N-dealkylation sites (tertiary alicyclic amines) is 1. The normalized spacial score (nSPS) is 24.2. The van der Waals surface area contributed by atoms with Gasteiger partial charge in [0, 0.05) is 11.4 Å². The molecule has 6 nitrogen and oxygen atoms in total. The van der Waals surface area contributed by atoms with Crippen molar-refractivity contribution in [1.29, 1.82) is 0 Å². The van der Waals surface area contributed by atoms with Gasteiger partial charge < -0.3 is 15.6 Å². The molecule has 1 aromatic rings. The fourth-order valence-corrected chi connectivity index (χ4v) is 3.69. The summed E-state index contributed by atoms with van der Waals surface area (Å²) in [7, 11) is 0. The Kier molecular flexibility index (Phi) is 5.44. The number of carbonyl (C=O) groups excluding carboxylic acids is 1. The molecular formula is C16H24N2O4S. The van der Waals surface area contributed by atoms with Crippen molar-refractivity contribution in [2.45, 2.75) is 51.4 Å². The highest BCUT2D eigenvalue weighted by atomic mass is 32.1. The third kappa shape index (κ3) is 4.31. The lowest BCUT2D eigenvalue weighted by Gasteiger charge is -2.41. The van der Waals surface area contributed by atoms with Gasteiger partial charge in [0.25, 0.3) is 0 Å². The molecule has 3 atom stereocenters. The van der Waals surface area contributed by atoms with E-state index < -0.39 is 29.7 Å². The fourth-order valence-electron chi connectivity index (χ4n) is 2.85. The highest BCUT2D eigenvalue weighted by Gasteiger charge is 2.41. The maximum atomic E-state index is 12.4. The van der Waals surface area contributed by atoms with Gasteiger partial charge in [0.2, 0.25) is 0 Å².